The highest BCUT2D eigenvalue weighted by Gasteiger charge is 2.24. The molecule has 0 spiro atoms. The van der Waals surface area contributed by atoms with E-state index in [4.69, 9.17) is 4.74 Å². The van der Waals surface area contributed by atoms with Gasteiger partial charge in [0.25, 0.3) is 5.91 Å². The molecule has 1 fully saturated rings. The summed E-state index contributed by atoms with van der Waals surface area (Å²) in [4.78, 5) is 30.6. The Labute approximate surface area is 171 Å². The molecule has 1 saturated heterocycles. The summed E-state index contributed by atoms with van der Waals surface area (Å²) in [5.41, 5.74) is 3.88. The van der Waals surface area contributed by atoms with E-state index < -0.39 is 6.09 Å². The SMILES string of the molecule is O=C(Nc1cccc(N2CCOC2=O)c1)c1cnn2c(-c3ccccc3)ccnc12. The van der Waals surface area contributed by atoms with Gasteiger partial charge in [-0.05, 0) is 24.3 Å². The number of anilines is 2. The average molecular weight is 399 g/mol. The number of amides is 2. The molecule has 0 bridgehead atoms. The summed E-state index contributed by atoms with van der Waals surface area (Å²) >= 11 is 0. The summed E-state index contributed by atoms with van der Waals surface area (Å²) < 4.78 is 6.63. The Morgan fingerprint density at radius 3 is 2.73 bits per heavy atom. The zero-order valence-corrected chi connectivity index (χ0v) is 15.9. The second-order valence-electron chi connectivity index (χ2n) is 6.76. The summed E-state index contributed by atoms with van der Waals surface area (Å²) in [7, 11) is 0. The number of fused-ring (bicyclic) bond motifs is 1. The van der Waals surface area contributed by atoms with E-state index in [-0.39, 0.29) is 5.91 Å². The normalized spacial score (nSPS) is 13.5. The first-order valence-corrected chi connectivity index (χ1v) is 9.44. The summed E-state index contributed by atoms with van der Waals surface area (Å²) in [6, 6.07) is 18.7. The van der Waals surface area contributed by atoms with Crippen LogP contribution in [0.25, 0.3) is 16.9 Å². The van der Waals surface area contributed by atoms with Crippen LogP contribution in [0.5, 0.6) is 0 Å². The van der Waals surface area contributed by atoms with E-state index in [1.54, 1.807) is 35.0 Å². The third-order valence-corrected chi connectivity index (χ3v) is 4.89. The third kappa shape index (κ3) is 3.14. The van der Waals surface area contributed by atoms with Gasteiger partial charge < -0.3 is 10.1 Å². The van der Waals surface area contributed by atoms with E-state index >= 15 is 0 Å². The molecule has 3 heterocycles. The number of aromatic nitrogens is 3. The second-order valence-corrected chi connectivity index (χ2v) is 6.76. The second kappa shape index (κ2) is 7.32. The van der Waals surface area contributed by atoms with Gasteiger partial charge in [-0.15, -0.1) is 0 Å². The van der Waals surface area contributed by atoms with Crippen LogP contribution in [-0.2, 0) is 4.74 Å². The van der Waals surface area contributed by atoms with Gasteiger partial charge in [0.15, 0.2) is 5.65 Å². The maximum absolute atomic E-state index is 12.9. The van der Waals surface area contributed by atoms with Gasteiger partial charge >= 0.3 is 6.09 Å². The zero-order chi connectivity index (χ0) is 20.5. The molecule has 0 radical (unpaired) electrons. The summed E-state index contributed by atoms with van der Waals surface area (Å²) in [6.07, 6.45) is 2.78. The third-order valence-electron chi connectivity index (χ3n) is 4.89. The van der Waals surface area contributed by atoms with Crippen LogP contribution < -0.4 is 10.2 Å². The maximum Gasteiger partial charge on any atom is 0.414 e. The Bertz CT molecular complexity index is 1250. The van der Waals surface area contributed by atoms with E-state index in [0.29, 0.717) is 35.7 Å². The molecule has 30 heavy (non-hydrogen) atoms. The molecule has 0 atom stereocenters. The van der Waals surface area contributed by atoms with Crippen LogP contribution in [0, 0.1) is 0 Å². The lowest BCUT2D eigenvalue weighted by molar-refractivity contribution is 0.102. The van der Waals surface area contributed by atoms with Gasteiger partial charge in [-0.3, -0.25) is 9.69 Å². The lowest BCUT2D eigenvalue weighted by atomic mass is 10.1. The average Bonchev–Trinajstić information content (AvgIpc) is 3.40. The highest BCUT2D eigenvalue weighted by molar-refractivity contribution is 6.08. The van der Waals surface area contributed by atoms with Gasteiger partial charge in [0, 0.05) is 23.1 Å². The molecule has 4 aromatic rings. The molecule has 0 unspecified atom stereocenters. The predicted molar refractivity (Wildman–Crippen MR) is 112 cm³/mol. The Hall–Kier alpha value is -4.20. The fourth-order valence-electron chi connectivity index (χ4n) is 3.46. The van der Waals surface area contributed by atoms with E-state index in [1.165, 1.54) is 11.1 Å². The van der Waals surface area contributed by atoms with Crippen LogP contribution in [0.2, 0.25) is 0 Å². The van der Waals surface area contributed by atoms with Gasteiger partial charge in [-0.1, -0.05) is 36.4 Å². The number of rotatable bonds is 4. The quantitative estimate of drug-likeness (QED) is 0.566. The first-order valence-electron chi connectivity index (χ1n) is 9.44. The summed E-state index contributed by atoms with van der Waals surface area (Å²) in [5, 5.41) is 7.24. The Morgan fingerprint density at radius 2 is 1.93 bits per heavy atom. The van der Waals surface area contributed by atoms with E-state index in [2.05, 4.69) is 15.4 Å². The van der Waals surface area contributed by atoms with Crippen molar-refractivity contribution < 1.29 is 14.3 Å². The van der Waals surface area contributed by atoms with Crippen molar-refractivity contribution in [3.8, 4) is 11.3 Å². The van der Waals surface area contributed by atoms with Crippen molar-refractivity contribution in [1.82, 2.24) is 14.6 Å². The van der Waals surface area contributed by atoms with Crippen LogP contribution in [0.15, 0.2) is 73.1 Å². The van der Waals surface area contributed by atoms with Gasteiger partial charge in [0.2, 0.25) is 0 Å². The molecule has 2 aromatic carbocycles. The minimum absolute atomic E-state index is 0.330. The lowest BCUT2D eigenvalue weighted by Gasteiger charge is -2.14. The molecular formula is C22H17N5O3. The number of benzene rings is 2. The van der Waals surface area contributed by atoms with Gasteiger partial charge in [0.1, 0.15) is 12.2 Å². The first kappa shape index (κ1) is 17.9. The number of cyclic esters (lactones) is 1. The van der Waals surface area contributed by atoms with Gasteiger partial charge in [-0.25, -0.2) is 14.3 Å². The van der Waals surface area contributed by atoms with Crippen molar-refractivity contribution in [3.05, 3.63) is 78.6 Å². The highest BCUT2D eigenvalue weighted by atomic mass is 16.6. The lowest BCUT2D eigenvalue weighted by Crippen LogP contribution is -2.23. The number of ether oxygens (including phenoxy) is 1. The molecule has 0 saturated carbocycles. The van der Waals surface area contributed by atoms with Crippen molar-refractivity contribution in [1.29, 1.82) is 0 Å². The van der Waals surface area contributed by atoms with Crippen LogP contribution in [0.4, 0.5) is 16.2 Å². The van der Waals surface area contributed by atoms with Crippen LogP contribution >= 0.6 is 0 Å². The first-order chi connectivity index (χ1) is 14.7. The smallest absolute Gasteiger partial charge is 0.414 e. The summed E-state index contributed by atoms with van der Waals surface area (Å²) in [6.45, 7) is 0.837. The Kier molecular flexibility index (Phi) is 4.36. The molecule has 1 aliphatic rings. The van der Waals surface area contributed by atoms with E-state index in [9.17, 15) is 9.59 Å². The van der Waals surface area contributed by atoms with Gasteiger partial charge in [0.05, 0.1) is 18.4 Å². The number of hydrogen-bond donors (Lipinski definition) is 1. The summed E-state index contributed by atoms with van der Waals surface area (Å²) in [5.74, 6) is -0.330. The number of carbonyl (C=O) groups is 2. The standard InChI is InChI=1S/C22H17N5O3/c28-21(25-16-7-4-8-17(13-16)26-11-12-30-22(26)29)18-14-24-27-19(9-10-23-20(18)27)15-5-2-1-3-6-15/h1-10,13-14H,11-12H2,(H,25,28). The number of nitrogens with one attached hydrogen (secondary N) is 1. The van der Waals surface area contributed by atoms with E-state index in [0.717, 1.165) is 11.3 Å². The molecule has 5 rings (SSSR count). The minimum atomic E-state index is -0.390. The van der Waals surface area contributed by atoms with Crippen LogP contribution in [0.3, 0.4) is 0 Å². The molecule has 2 amide bonds. The van der Waals surface area contributed by atoms with Gasteiger partial charge in [-0.2, -0.15) is 5.10 Å². The molecule has 0 aliphatic carbocycles. The monoisotopic (exact) mass is 399 g/mol. The van der Waals surface area contributed by atoms with Crippen molar-refractivity contribution in [3.63, 3.8) is 0 Å². The minimum Gasteiger partial charge on any atom is -0.447 e. The maximum atomic E-state index is 12.9. The van der Waals surface area contributed by atoms with E-state index in [1.807, 2.05) is 36.4 Å². The Morgan fingerprint density at radius 1 is 1.07 bits per heavy atom. The molecular weight excluding hydrogens is 382 g/mol. The Balaban J connectivity index is 1.44. The predicted octanol–water partition coefficient (Wildman–Crippen LogP) is 3.61. The van der Waals surface area contributed by atoms with Crippen molar-refractivity contribution in [2.75, 3.05) is 23.4 Å². The van der Waals surface area contributed by atoms with Crippen molar-refractivity contribution >= 4 is 29.0 Å². The fourth-order valence-corrected chi connectivity index (χ4v) is 3.46. The number of nitrogens with zero attached hydrogens (tertiary/aromatic N) is 4. The topological polar surface area (TPSA) is 88.8 Å². The molecule has 2 aromatic heterocycles. The molecule has 8 heteroatoms. The van der Waals surface area contributed by atoms with Crippen molar-refractivity contribution in [2.24, 2.45) is 0 Å². The number of hydrogen-bond acceptors (Lipinski definition) is 5. The largest absolute Gasteiger partial charge is 0.447 e. The van der Waals surface area contributed by atoms with Crippen LogP contribution in [-0.4, -0.2) is 39.8 Å². The zero-order valence-electron chi connectivity index (χ0n) is 15.9. The molecule has 1 aliphatic heterocycles. The number of carbonyl (C=O) groups excluding carboxylic acids is 2. The van der Waals surface area contributed by atoms with Crippen LogP contribution in [0.1, 0.15) is 10.4 Å². The molecule has 8 nitrogen and oxygen atoms in total. The van der Waals surface area contributed by atoms with Crippen molar-refractivity contribution in [2.45, 2.75) is 0 Å². The molecule has 148 valence electrons. The highest BCUT2D eigenvalue weighted by Crippen LogP contribution is 2.24. The molecule has 1 N–H and O–H groups in total. The fraction of sp³-hybridized carbons (Fsp3) is 0.0909.